The molecule has 2 aromatic rings. The number of halogens is 1. The van der Waals surface area contributed by atoms with E-state index >= 15 is 0 Å². The number of nitrogens with zero attached hydrogens (tertiary/aromatic N) is 4. The fourth-order valence-corrected chi connectivity index (χ4v) is 3.55. The Hall–Kier alpha value is -2.54. The predicted octanol–water partition coefficient (Wildman–Crippen LogP) is 3.04. The number of aromatic nitrogens is 2. The van der Waals surface area contributed by atoms with Crippen LogP contribution in [-0.4, -0.2) is 58.5 Å². The molecule has 0 unspecified atom stereocenters. The van der Waals surface area contributed by atoms with E-state index in [9.17, 15) is 9.18 Å². The molecule has 6 nitrogen and oxygen atoms in total. The monoisotopic (exact) mass is 400 g/mol. The number of piperidine rings is 1. The van der Waals surface area contributed by atoms with Crippen LogP contribution in [-0.2, 0) is 11.3 Å². The van der Waals surface area contributed by atoms with Gasteiger partial charge in [-0.05, 0) is 56.9 Å². The Morgan fingerprint density at radius 1 is 1.14 bits per heavy atom. The molecule has 29 heavy (non-hydrogen) atoms. The summed E-state index contributed by atoms with van der Waals surface area (Å²) in [5.41, 5.74) is 3.86. The largest absolute Gasteiger partial charge is 0.453 e. The summed E-state index contributed by atoms with van der Waals surface area (Å²) in [5, 5.41) is 0. The van der Waals surface area contributed by atoms with Gasteiger partial charge in [-0.1, -0.05) is 12.1 Å². The summed E-state index contributed by atoms with van der Waals surface area (Å²) >= 11 is 0. The lowest BCUT2D eigenvalue weighted by Gasteiger charge is -2.36. The van der Waals surface area contributed by atoms with Crippen molar-refractivity contribution in [1.29, 1.82) is 0 Å². The third-order valence-electron chi connectivity index (χ3n) is 5.75. The highest BCUT2D eigenvalue weighted by Crippen LogP contribution is 2.18. The van der Waals surface area contributed by atoms with E-state index in [0.717, 1.165) is 55.0 Å². The maximum absolute atomic E-state index is 13.0. The van der Waals surface area contributed by atoms with Gasteiger partial charge in [0.05, 0.1) is 0 Å². The average molecular weight is 400 g/mol. The number of hydrogen-bond acceptors (Lipinski definition) is 5. The lowest BCUT2D eigenvalue weighted by molar-refractivity contribution is -0.135. The summed E-state index contributed by atoms with van der Waals surface area (Å²) in [4.78, 5) is 25.3. The van der Waals surface area contributed by atoms with Gasteiger partial charge in [0.2, 0.25) is 0 Å². The first kappa shape index (κ1) is 21.2. The van der Waals surface area contributed by atoms with E-state index in [1.165, 1.54) is 12.1 Å². The second-order valence-electron chi connectivity index (χ2n) is 7.73. The van der Waals surface area contributed by atoms with Crippen LogP contribution >= 0.6 is 0 Å². The minimum atomic E-state index is -0.212. The van der Waals surface area contributed by atoms with Crippen molar-refractivity contribution >= 4 is 5.91 Å². The van der Waals surface area contributed by atoms with Crippen LogP contribution in [0, 0.1) is 26.6 Å². The van der Waals surface area contributed by atoms with Crippen LogP contribution in [0.2, 0.25) is 0 Å². The number of carbonyl (C=O) groups is 1. The maximum atomic E-state index is 13.0. The topological polar surface area (TPSA) is 58.6 Å². The summed E-state index contributed by atoms with van der Waals surface area (Å²) in [5.74, 6) is -0.280. The third kappa shape index (κ3) is 5.50. The average Bonchev–Trinajstić information content (AvgIpc) is 2.72. The Morgan fingerprint density at radius 3 is 2.31 bits per heavy atom. The summed E-state index contributed by atoms with van der Waals surface area (Å²) in [6, 6.07) is 7.08. The molecule has 1 aliphatic heterocycles. The Morgan fingerprint density at radius 2 is 1.72 bits per heavy atom. The molecule has 156 valence electrons. The summed E-state index contributed by atoms with van der Waals surface area (Å²) < 4.78 is 18.6. The molecular weight excluding hydrogens is 371 g/mol. The van der Waals surface area contributed by atoms with E-state index in [2.05, 4.69) is 14.9 Å². The quantitative estimate of drug-likeness (QED) is 0.746. The lowest BCUT2D eigenvalue weighted by Crippen LogP contribution is -2.46. The molecule has 2 heterocycles. The summed E-state index contributed by atoms with van der Waals surface area (Å²) in [6.45, 7) is 8.33. The number of amides is 1. The molecule has 3 rings (SSSR count). The Kier molecular flexibility index (Phi) is 6.79. The zero-order valence-corrected chi connectivity index (χ0v) is 17.6. The van der Waals surface area contributed by atoms with Gasteiger partial charge >= 0.3 is 6.01 Å². The normalized spacial score (nSPS) is 15.3. The highest BCUT2D eigenvalue weighted by atomic mass is 19.1. The Labute approximate surface area is 171 Å². The maximum Gasteiger partial charge on any atom is 0.317 e. The molecule has 1 aromatic carbocycles. The molecule has 1 saturated heterocycles. The van der Waals surface area contributed by atoms with Gasteiger partial charge in [-0.2, -0.15) is 0 Å². The van der Waals surface area contributed by atoms with Crippen molar-refractivity contribution in [2.45, 2.75) is 46.2 Å². The van der Waals surface area contributed by atoms with Gasteiger partial charge in [-0.25, -0.2) is 14.4 Å². The Balaban J connectivity index is 1.46. The van der Waals surface area contributed by atoms with E-state index in [0.29, 0.717) is 0 Å². The number of likely N-dealkylation sites (N-methyl/N-ethyl adjacent to an activating group) is 1. The van der Waals surface area contributed by atoms with Crippen LogP contribution in [0.5, 0.6) is 6.01 Å². The number of aryl methyl sites for hydroxylation is 2. The van der Waals surface area contributed by atoms with Crippen LogP contribution in [0.25, 0.3) is 0 Å². The first-order valence-corrected chi connectivity index (χ1v) is 10.0. The van der Waals surface area contributed by atoms with Crippen molar-refractivity contribution in [3.63, 3.8) is 0 Å². The molecular formula is C22H29FN4O2. The van der Waals surface area contributed by atoms with Gasteiger partial charge in [-0.15, -0.1) is 0 Å². The molecule has 1 amide bonds. The molecule has 1 aliphatic rings. The van der Waals surface area contributed by atoms with Crippen LogP contribution < -0.4 is 4.74 Å². The molecule has 0 radical (unpaired) electrons. The SMILES string of the molecule is Cc1nc(OCC(=O)N(C)C2CCN(Cc3ccc(F)cc3)CC2)nc(C)c1C. The number of likely N-dealkylation sites (tertiary alicyclic amines) is 1. The fraction of sp³-hybridized carbons (Fsp3) is 0.500. The number of ether oxygens (including phenoxy) is 1. The van der Waals surface area contributed by atoms with Crippen molar-refractivity contribution in [2.75, 3.05) is 26.7 Å². The van der Waals surface area contributed by atoms with E-state index in [-0.39, 0.29) is 30.4 Å². The molecule has 0 saturated carbocycles. The molecule has 1 fully saturated rings. The zero-order chi connectivity index (χ0) is 21.0. The molecule has 1 aromatic heterocycles. The van der Waals surface area contributed by atoms with E-state index < -0.39 is 0 Å². The van der Waals surface area contributed by atoms with Crippen molar-refractivity contribution in [1.82, 2.24) is 19.8 Å². The first-order valence-electron chi connectivity index (χ1n) is 10.0. The van der Waals surface area contributed by atoms with Gasteiger partial charge in [0.15, 0.2) is 6.61 Å². The second kappa shape index (κ2) is 9.31. The zero-order valence-electron chi connectivity index (χ0n) is 17.6. The third-order valence-corrected chi connectivity index (χ3v) is 5.75. The van der Waals surface area contributed by atoms with Crippen molar-refractivity contribution in [2.24, 2.45) is 0 Å². The molecule has 0 spiro atoms. The lowest BCUT2D eigenvalue weighted by atomic mass is 10.0. The van der Waals surface area contributed by atoms with E-state index in [4.69, 9.17) is 4.74 Å². The molecule has 0 bridgehead atoms. The molecule has 0 aliphatic carbocycles. The number of rotatable bonds is 6. The van der Waals surface area contributed by atoms with Gasteiger partial charge in [-0.3, -0.25) is 9.69 Å². The second-order valence-corrected chi connectivity index (χ2v) is 7.73. The smallest absolute Gasteiger partial charge is 0.317 e. The summed E-state index contributed by atoms with van der Waals surface area (Å²) in [7, 11) is 1.83. The van der Waals surface area contributed by atoms with Crippen molar-refractivity contribution in [3.05, 3.63) is 52.6 Å². The van der Waals surface area contributed by atoms with Gasteiger partial charge in [0.1, 0.15) is 5.82 Å². The van der Waals surface area contributed by atoms with E-state index in [1.54, 1.807) is 4.90 Å². The molecule has 7 heteroatoms. The van der Waals surface area contributed by atoms with Crippen molar-refractivity contribution < 1.29 is 13.9 Å². The van der Waals surface area contributed by atoms with E-state index in [1.807, 2.05) is 40.0 Å². The predicted molar refractivity (Wildman–Crippen MR) is 109 cm³/mol. The van der Waals surface area contributed by atoms with Crippen LogP contribution in [0.1, 0.15) is 35.4 Å². The highest BCUT2D eigenvalue weighted by molar-refractivity contribution is 5.77. The minimum Gasteiger partial charge on any atom is -0.453 e. The molecule has 0 N–H and O–H groups in total. The Bertz CT molecular complexity index is 825. The summed E-state index contributed by atoms with van der Waals surface area (Å²) in [6.07, 6.45) is 1.81. The molecule has 0 atom stereocenters. The highest BCUT2D eigenvalue weighted by Gasteiger charge is 2.25. The van der Waals surface area contributed by atoms with Gasteiger partial charge < -0.3 is 9.64 Å². The van der Waals surface area contributed by atoms with Gasteiger partial charge in [0.25, 0.3) is 5.91 Å². The van der Waals surface area contributed by atoms with Crippen LogP contribution in [0.4, 0.5) is 4.39 Å². The number of benzene rings is 1. The fourth-order valence-electron chi connectivity index (χ4n) is 3.55. The first-order chi connectivity index (χ1) is 13.8. The standard InChI is InChI=1S/C22H29FN4O2/c1-15-16(2)24-22(25-17(15)3)29-14-21(28)26(4)20-9-11-27(12-10-20)13-18-5-7-19(23)8-6-18/h5-8,20H,9-14H2,1-4H3. The van der Waals surface area contributed by atoms with Crippen LogP contribution in [0.15, 0.2) is 24.3 Å². The number of carbonyl (C=O) groups excluding carboxylic acids is 1. The number of hydrogen-bond donors (Lipinski definition) is 0. The van der Waals surface area contributed by atoms with Crippen LogP contribution in [0.3, 0.4) is 0 Å². The van der Waals surface area contributed by atoms with Crippen molar-refractivity contribution in [3.8, 4) is 6.01 Å². The van der Waals surface area contributed by atoms with Gasteiger partial charge in [0, 0.05) is 44.1 Å². The minimum absolute atomic E-state index is 0.0613.